The molecule has 4 aromatic rings. The Kier molecular flexibility index (Phi) is 10.0. The molecule has 0 radical (unpaired) electrons. The van der Waals surface area contributed by atoms with Gasteiger partial charge in [-0.25, -0.2) is 13.4 Å². The summed E-state index contributed by atoms with van der Waals surface area (Å²) in [5.74, 6) is 1.25. The molecule has 1 saturated heterocycles. The number of halogens is 1. The van der Waals surface area contributed by atoms with Crippen molar-refractivity contribution in [2.75, 3.05) is 61.2 Å². The number of hydrogen-bond acceptors (Lipinski definition) is 11. The van der Waals surface area contributed by atoms with E-state index >= 15 is 0 Å². The van der Waals surface area contributed by atoms with Crippen LogP contribution in [0.25, 0.3) is 11.0 Å². The van der Waals surface area contributed by atoms with Gasteiger partial charge < -0.3 is 25.2 Å². The molecule has 5 rings (SSSR count). The van der Waals surface area contributed by atoms with Gasteiger partial charge in [0.1, 0.15) is 22.0 Å². The maximum Gasteiger partial charge on any atom is 0.237 e. The lowest BCUT2D eigenvalue weighted by molar-refractivity contribution is 0.249. The summed E-state index contributed by atoms with van der Waals surface area (Å²) in [7, 11) is 3.74. The molecule has 1 aliphatic rings. The van der Waals surface area contributed by atoms with Crippen molar-refractivity contribution in [3.8, 4) is 5.75 Å². The Hall–Kier alpha value is -3.94. The number of nitrogens with zero attached hydrogens (tertiary/aromatic N) is 7. The van der Waals surface area contributed by atoms with E-state index in [0.717, 1.165) is 38.0 Å². The number of piperidine rings is 1. The second-order valence-electron chi connectivity index (χ2n) is 11.8. The van der Waals surface area contributed by atoms with Crippen LogP contribution >= 0.6 is 11.6 Å². The van der Waals surface area contributed by atoms with Crippen LogP contribution in [0.4, 0.5) is 34.5 Å². The monoisotopic (exact) mass is 667 g/mol. The number of rotatable bonds is 11. The lowest BCUT2D eigenvalue weighted by Gasteiger charge is -2.37. The largest absolute Gasteiger partial charge is 0.494 e. The Labute approximate surface area is 276 Å². The number of hydrogen-bond donors (Lipinski definition) is 2. The Morgan fingerprint density at radius 3 is 2.41 bits per heavy atom. The zero-order valence-electron chi connectivity index (χ0n) is 27.4. The summed E-state index contributed by atoms with van der Waals surface area (Å²) in [6.07, 6.45) is 7.64. The van der Waals surface area contributed by atoms with E-state index in [1.807, 2.05) is 0 Å². The van der Waals surface area contributed by atoms with E-state index in [4.69, 9.17) is 16.3 Å². The predicted octanol–water partition coefficient (Wildman–Crippen LogP) is 5.84. The lowest BCUT2D eigenvalue weighted by Crippen LogP contribution is -2.42. The van der Waals surface area contributed by atoms with Gasteiger partial charge in [0, 0.05) is 50.3 Å². The van der Waals surface area contributed by atoms with Crippen molar-refractivity contribution in [1.82, 2.24) is 24.8 Å². The lowest BCUT2D eigenvalue weighted by atomic mass is 10.0. The maximum absolute atomic E-state index is 13.3. The van der Waals surface area contributed by atoms with Gasteiger partial charge >= 0.3 is 0 Å². The van der Waals surface area contributed by atoms with E-state index in [0.29, 0.717) is 34.2 Å². The van der Waals surface area contributed by atoms with Crippen LogP contribution < -0.4 is 24.6 Å². The fourth-order valence-electron chi connectivity index (χ4n) is 5.73. The van der Waals surface area contributed by atoms with Gasteiger partial charge in [-0.15, -0.1) is 0 Å². The summed E-state index contributed by atoms with van der Waals surface area (Å²) in [5.41, 5.74) is 4.84. The fraction of sp³-hybridized carbons (Fsp3) is 0.438. The standard InChI is InChI=1S/C32H42ClN9O3S/c1-8-21-17-26(28(45-7)18-27(21)42-15-11-22(12-16-42)40(4)5)38-32-36-19-23(33)31(39-32)37-25-10-9-24-29(35-14-13-34-24)30(25)41(6)46(43,44)20(2)3/h9-10,13-14,17-20,22H,8,11-12,15-16H2,1-7H3,(H2,36,37,38,39). The molecule has 12 nitrogen and oxygen atoms in total. The number of sulfonamides is 1. The Balaban J connectivity index is 1.47. The highest BCUT2D eigenvalue weighted by Crippen LogP contribution is 2.39. The van der Waals surface area contributed by atoms with Crippen molar-refractivity contribution in [1.29, 1.82) is 0 Å². The van der Waals surface area contributed by atoms with Crippen molar-refractivity contribution in [3.05, 3.63) is 53.4 Å². The first-order chi connectivity index (χ1) is 21.9. The molecule has 0 amide bonds. The molecule has 0 bridgehead atoms. The molecule has 2 aromatic heterocycles. The van der Waals surface area contributed by atoms with Gasteiger partial charge in [-0.3, -0.25) is 14.3 Å². The third-order valence-corrected chi connectivity index (χ3v) is 10.9. The molecule has 0 spiro atoms. The summed E-state index contributed by atoms with van der Waals surface area (Å²) in [5, 5.41) is 6.13. The second kappa shape index (κ2) is 13.8. The second-order valence-corrected chi connectivity index (χ2v) is 14.7. The zero-order valence-corrected chi connectivity index (χ0v) is 28.9. The summed E-state index contributed by atoms with van der Waals surface area (Å²) in [6.45, 7) is 7.37. The van der Waals surface area contributed by atoms with Crippen LogP contribution in [-0.4, -0.2) is 85.9 Å². The smallest absolute Gasteiger partial charge is 0.237 e. The van der Waals surface area contributed by atoms with Crippen LogP contribution in [0.5, 0.6) is 5.75 Å². The summed E-state index contributed by atoms with van der Waals surface area (Å²) in [6, 6.07) is 8.26. The Bertz CT molecular complexity index is 1810. The highest BCUT2D eigenvalue weighted by Gasteiger charge is 2.28. The predicted molar refractivity (Wildman–Crippen MR) is 187 cm³/mol. The van der Waals surface area contributed by atoms with Crippen LogP contribution in [0, 0.1) is 0 Å². The molecule has 3 heterocycles. The molecule has 1 fully saturated rings. The van der Waals surface area contributed by atoms with Crippen molar-refractivity contribution in [2.24, 2.45) is 0 Å². The molecule has 1 aliphatic heterocycles. The van der Waals surface area contributed by atoms with Crippen molar-refractivity contribution in [2.45, 2.75) is 51.3 Å². The van der Waals surface area contributed by atoms with E-state index in [1.165, 1.54) is 35.0 Å². The number of methoxy groups -OCH3 is 1. The molecular weight excluding hydrogens is 626 g/mol. The normalized spacial score (nSPS) is 14.3. The van der Waals surface area contributed by atoms with E-state index in [-0.39, 0.29) is 16.8 Å². The maximum atomic E-state index is 13.3. The number of aromatic nitrogens is 4. The summed E-state index contributed by atoms with van der Waals surface area (Å²) < 4.78 is 33.6. The minimum atomic E-state index is -3.70. The molecule has 2 N–H and O–H groups in total. The van der Waals surface area contributed by atoms with Gasteiger partial charge in [-0.1, -0.05) is 18.5 Å². The SMILES string of the molecule is CCc1cc(Nc2ncc(Cl)c(Nc3ccc4nccnc4c3N(C)S(=O)(=O)C(C)C)n2)c(OC)cc1N1CCC(N(C)C)CC1. The quantitative estimate of drug-likeness (QED) is 0.200. The van der Waals surface area contributed by atoms with Gasteiger partial charge in [0.05, 0.1) is 35.4 Å². The van der Waals surface area contributed by atoms with E-state index in [1.54, 1.807) is 39.3 Å². The van der Waals surface area contributed by atoms with Gasteiger partial charge in [-0.2, -0.15) is 4.98 Å². The van der Waals surface area contributed by atoms with Crippen LogP contribution in [0.15, 0.2) is 42.9 Å². The van der Waals surface area contributed by atoms with Crippen LogP contribution in [0.1, 0.15) is 39.2 Å². The first-order valence-electron chi connectivity index (χ1n) is 15.3. The third-order valence-electron chi connectivity index (χ3n) is 8.47. The molecule has 0 aliphatic carbocycles. The highest BCUT2D eigenvalue weighted by molar-refractivity contribution is 7.93. The summed E-state index contributed by atoms with van der Waals surface area (Å²) in [4.78, 5) is 22.7. The van der Waals surface area contributed by atoms with Crippen molar-refractivity contribution in [3.63, 3.8) is 0 Å². The first kappa shape index (κ1) is 33.4. The Morgan fingerprint density at radius 2 is 1.76 bits per heavy atom. The number of benzene rings is 2. The molecule has 0 saturated carbocycles. The van der Waals surface area contributed by atoms with Gasteiger partial charge in [-0.05, 0) is 71.0 Å². The molecule has 0 unspecified atom stereocenters. The number of nitrogens with one attached hydrogen (secondary N) is 2. The molecule has 2 aromatic carbocycles. The van der Waals surface area contributed by atoms with Crippen molar-refractivity contribution < 1.29 is 13.2 Å². The first-order valence-corrected chi connectivity index (χ1v) is 17.2. The minimum Gasteiger partial charge on any atom is -0.494 e. The number of ether oxygens (including phenoxy) is 1. The van der Waals surface area contributed by atoms with Crippen LogP contribution in [-0.2, 0) is 16.4 Å². The zero-order chi connectivity index (χ0) is 33.2. The number of anilines is 6. The van der Waals surface area contributed by atoms with E-state index < -0.39 is 15.3 Å². The summed E-state index contributed by atoms with van der Waals surface area (Å²) >= 11 is 6.57. The number of aryl methyl sites for hydroxylation is 1. The van der Waals surface area contributed by atoms with Gasteiger partial charge in [0.25, 0.3) is 0 Å². The van der Waals surface area contributed by atoms with E-state index in [9.17, 15) is 8.42 Å². The average Bonchev–Trinajstić information content (AvgIpc) is 3.05. The topological polar surface area (TPSA) is 129 Å². The van der Waals surface area contributed by atoms with Gasteiger partial charge in [0.15, 0.2) is 5.82 Å². The molecular formula is C32H42ClN9O3S. The van der Waals surface area contributed by atoms with Crippen LogP contribution in [0.2, 0.25) is 5.02 Å². The fourth-order valence-corrected chi connectivity index (χ4v) is 6.94. The third kappa shape index (κ3) is 6.76. The van der Waals surface area contributed by atoms with Crippen LogP contribution in [0.3, 0.4) is 0 Å². The molecule has 0 atom stereocenters. The minimum absolute atomic E-state index is 0.253. The highest BCUT2D eigenvalue weighted by atomic mass is 35.5. The molecule has 246 valence electrons. The van der Waals surface area contributed by atoms with Gasteiger partial charge in [0.2, 0.25) is 16.0 Å². The van der Waals surface area contributed by atoms with Crippen molar-refractivity contribution >= 4 is 67.2 Å². The van der Waals surface area contributed by atoms with E-state index in [2.05, 4.69) is 73.5 Å². The number of fused-ring (bicyclic) bond motifs is 1. The molecule has 46 heavy (non-hydrogen) atoms. The Morgan fingerprint density at radius 1 is 1.04 bits per heavy atom. The average molecular weight is 668 g/mol. The molecule has 14 heteroatoms.